The summed E-state index contributed by atoms with van der Waals surface area (Å²) in [7, 11) is 0. The molecule has 96 valence electrons. The number of aromatic nitrogens is 3. The third-order valence-corrected chi connectivity index (χ3v) is 3.58. The molecule has 20 heavy (non-hydrogen) atoms. The number of H-pyrrole nitrogens is 1. The molecule has 0 bridgehead atoms. The number of nitrogens with one attached hydrogen (secondary N) is 1. The molecule has 0 saturated carbocycles. The first-order valence-electron chi connectivity index (χ1n) is 6.31. The van der Waals surface area contributed by atoms with E-state index in [1.807, 2.05) is 36.4 Å². The number of hydrogen-bond acceptors (Lipinski definition) is 2. The van der Waals surface area contributed by atoms with E-state index in [2.05, 4.69) is 27.1 Å². The fraction of sp³-hybridized carbons (Fsp3) is 0. The van der Waals surface area contributed by atoms with Crippen LogP contribution in [0.3, 0.4) is 0 Å². The Balaban J connectivity index is 2.01. The molecule has 0 aliphatic carbocycles. The van der Waals surface area contributed by atoms with Gasteiger partial charge in [0.1, 0.15) is 5.69 Å². The summed E-state index contributed by atoms with van der Waals surface area (Å²) in [6, 6.07) is 15.8. The van der Waals surface area contributed by atoms with Crippen molar-refractivity contribution >= 4 is 33.4 Å². The van der Waals surface area contributed by atoms with Crippen molar-refractivity contribution in [1.29, 1.82) is 0 Å². The summed E-state index contributed by atoms with van der Waals surface area (Å²) >= 11 is 6.01. The molecule has 4 aromatic rings. The van der Waals surface area contributed by atoms with Gasteiger partial charge in [0.25, 0.3) is 0 Å². The highest BCUT2D eigenvalue weighted by Gasteiger charge is 2.10. The maximum absolute atomic E-state index is 6.01. The van der Waals surface area contributed by atoms with Gasteiger partial charge in [-0.2, -0.15) is 0 Å². The van der Waals surface area contributed by atoms with Gasteiger partial charge in [-0.15, -0.1) is 0 Å². The molecule has 0 spiro atoms. The molecule has 0 fully saturated rings. The molecule has 2 aromatic heterocycles. The predicted octanol–water partition coefficient (Wildman–Crippen LogP) is 4.43. The van der Waals surface area contributed by atoms with Crippen LogP contribution in [0.15, 0.2) is 54.7 Å². The van der Waals surface area contributed by atoms with Crippen LogP contribution in [-0.4, -0.2) is 15.0 Å². The number of hydrogen-bond donors (Lipinski definition) is 1. The first kappa shape index (κ1) is 11.4. The lowest BCUT2D eigenvalue weighted by atomic mass is 10.1. The van der Waals surface area contributed by atoms with E-state index in [0.29, 0.717) is 5.02 Å². The van der Waals surface area contributed by atoms with E-state index in [4.69, 9.17) is 11.6 Å². The van der Waals surface area contributed by atoms with Gasteiger partial charge in [0.2, 0.25) is 0 Å². The smallest absolute Gasteiger partial charge is 0.157 e. The lowest BCUT2D eigenvalue weighted by molar-refractivity contribution is 1.26. The van der Waals surface area contributed by atoms with Gasteiger partial charge in [0.05, 0.1) is 11.0 Å². The zero-order chi connectivity index (χ0) is 13.5. The Morgan fingerprint density at radius 1 is 1.00 bits per heavy atom. The van der Waals surface area contributed by atoms with Gasteiger partial charge < -0.3 is 4.98 Å². The maximum atomic E-state index is 6.01. The number of imidazole rings is 1. The highest BCUT2D eigenvalue weighted by Crippen LogP contribution is 2.27. The van der Waals surface area contributed by atoms with E-state index in [-0.39, 0.29) is 0 Å². The van der Waals surface area contributed by atoms with E-state index in [1.165, 1.54) is 0 Å². The second-order valence-electron chi connectivity index (χ2n) is 4.63. The normalized spacial score (nSPS) is 11.2. The van der Waals surface area contributed by atoms with Crippen molar-refractivity contribution in [2.24, 2.45) is 0 Å². The highest BCUT2D eigenvalue weighted by molar-refractivity contribution is 6.31. The maximum Gasteiger partial charge on any atom is 0.157 e. The van der Waals surface area contributed by atoms with Gasteiger partial charge in [-0.25, -0.2) is 4.98 Å². The lowest BCUT2D eigenvalue weighted by Crippen LogP contribution is -1.87. The van der Waals surface area contributed by atoms with Crippen LogP contribution in [0.2, 0.25) is 5.02 Å². The quantitative estimate of drug-likeness (QED) is 0.560. The van der Waals surface area contributed by atoms with Gasteiger partial charge in [-0.3, -0.25) is 4.98 Å². The molecule has 4 rings (SSSR count). The third-order valence-electron chi connectivity index (χ3n) is 3.34. The van der Waals surface area contributed by atoms with Crippen LogP contribution >= 0.6 is 11.6 Å². The SMILES string of the molecule is Clc1ccc2nc(-c3nccc4ccccc34)[nH]c2c1. The van der Waals surface area contributed by atoms with E-state index < -0.39 is 0 Å². The average molecular weight is 280 g/mol. The first-order valence-corrected chi connectivity index (χ1v) is 6.68. The Morgan fingerprint density at radius 2 is 1.90 bits per heavy atom. The summed E-state index contributed by atoms with van der Waals surface area (Å²) in [5.74, 6) is 0.763. The van der Waals surface area contributed by atoms with Gasteiger partial charge in [-0.05, 0) is 29.7 Å². The minimum atomic E-state index is 0.693. The molecule has 2 heterocycles. The van der Waals surface area contributed by atoms with Crippen molar-refractivity contribution in [3.63, 3.8) is 0 Å². The molecular weight excluding hydrogens is 270 g/mol. The fourth-order valence-electron chi connectivity index (χ4n) is 2.40. The summed E-state index contributed by atoms with van der Waals surface area (Å²) in [6.07, 6.45) is 1.80. The number of halogens is 1. The summed E-state index contributed by atoms with van der Waals surface area (Å²) in [6.45, 7) is 0. The molecule has 0 aliphatic rings. The Hall–Kier alpha value is -2.39. The summed E-state index contributed by atoms with van der Waals surface area (Å²) in [4.78, 5) is 12.4. The van der Waals surface area contributed by atoms with Crippen LogP contribution in [0.4, 0.5) is 0 Å². The molecule has 4 heteroatoms. The standard InChI is InChI=1S/C16H10ClN3/c17-11-5-6-13-14(9-11)20-16(19-13)15-12-4-2-1-3-10(12)7-8-18-15/h1-9H,(H,19,20). The second kappa shape index (κ2) is 4.32. The Morgan fingerprint density at radius 3 is 2.85 bits per heavy atom. The van der Waals surface area contributed by atoms with Crippen LogP contribution in [0.5, 0.6) is 0 Å². The Labute approximate surface area is 120 Å². The highest BCUT2D eigenvalue weighted by atomic mass is 35.5. The minimum Gasteiger partial charge on any atom is -0.337 e. The van der Waals surface area contributed by atoms with Crippen LogP contribution in [0, 0.1) is 0 Å². The minimum absolute atomic E-state index is 0.693. The van der Waals surface area contributed by atoms with Gasteiger partial charge in [-0.1, -0.05) is 35.9 Å². The molecule has 0 atom stereocenters. The molecule has 0 unspecified atom stereocenters. The number of rotatable bonds is 1. The van der Waals surface area contributed by atoms with E-state index in [9.17, 15) is 0 Å². The monoisotopic (exact) mass is 279 g/mol. The molecule has 3 nitrogen and oxygen atoms in total. The summed E-state index contributed by atoms with van der Waals surface area (Å²) < 4.78 is 0. The Kier molecular flexibility index (Phi) is 2.47. The largest absolute Gasteiger partial charge is 0.337 e. The number of fused-ring (bicyclic) bond motifs is 2. The summed E-state index contributed by atoms with van der Waals surface area (Å²) in [5, 5.41) is 2.93. The Bertz CT molecular complexity index is 922. The van der Waals surface area contributed by atoms with Crippen molar-refractivity contribution < 1.29 is 0 Å². The predicted molar refractivity (Wildman–Crippen MR) is 81.8 cm³/mol. The topological polar surface area (TPSA) is 41.6 Å². The van der Waals surface area contributed by atoms with Gasteiger partial charge in [0, 0.05) is 16.6 Å². The first-order chi connectivity index (χ1) is 9.81. The second-order valence-corrected chi connectivity index (χ2v) is 5.06. The molecule has 1 N–H and O–H groups in total. The number of aromatic amines is 1. The zero-order valence-electron chi connectivity index (χ0n) is 10.5. The van der Waals surface area contributed by atoms with E-state index in [0.717, 1.165) is 33.3 Å². The molecule has 2 aromatic carbocycles. The van der Waals surface area contributed by atoms with Crippen LogP contribution in [0.1, 0.15) is 0 Å². The van der Waals surface area contributed by atoms with Crippen LogP contribution < -0.4 is 0 Å². The van der Waals surface area contributed by atoms with Crippen molar-refractivity contribution in [2.75, 3.05) is 0 Å². The van der Waals surface area contributed by atoms with Crippen molar-refractivity contribution in [1.82, 2.24) is 15.0 Å². The molecular formula is C16H10ClN3. The molecule has 0 radical (unpaired) electrons. The van der Waals surface area contributed by atoms with Crippen LogP contribution in [-0.2, 0) is 0 Å². The summed E-state index contributed by atoms with van der Waals surface area (Å²) in [5.41, 5.74) is 2.66. The van der Waals surface area contributed by atoms with Crippen molar-refractivity contribution in [2.45, 2.75) is 0 Å². The molecule has 0 aliphatic heterocycles. The van der Waals surface area contributed by atoms with Crippen molar-refractivity contribution in [3.05, 3.63) is 59.8 Å². The molecule has 0 amide bonds. The zero-order valence-corrected chi connectivity index (χ0v) is 11.2. The van der Waals surface area contributed by atoms with Crippen molar-refractivity contribution in [3.8, 4) is 11.5 Å². The number of benzene rings is 2. The lowest BCUT2D eigenvalue weighted by Gasteiger charge is -2.01. The van der Waals surface area contributed by atoms with E-state index in [1.54, 1.807) is 6.20 Å². The number of nitrogens with zero attached hydrogens (tertiary/aromatic N) is 2. The fourth-order valence-corrected chi connectivity index (χ4v) is 2.57. The van der Waals surface area contributed by atoms with Crippen LogP contribution in [0.25, 0.3) is 33.3 Å². The molecule has 0 saturated heterocycles. The number of pyridine rings is 1. The third kappa shape index (κ3) is 1.75. The average Bonchev–Trinajstić information content (AvgIpc) is 2.89. The van der Waals surface area contributed by atoms with E-state index >= 15 is 0 Å². The van der Waals surface area contributed by atoms with Gasteiger partial charge >= 0.3 is 0 Å². The van der Waals surface area contributed by atoms with Gasteiger partial charge in [0.15, 0.2) is 5.82 Å².